The van der Waals surface area contributed by atoms with Gasteiger partial charge in [0.1, 0.15) is 0 Å². The zero-order chi connectivity index (χ0) is 13.4. The van der Waals surface area contributed by atoms with Crippen LogP contribution in [0.25, 0.3) is 10.9 Å². The number of carbonyl (C=O) groups is 1. The summed E-state index contributed by atoms with van der Waals surface area (Å²) in [4.78, 5) is 12.5. The molecule has 0 atom stereocenters. The number of para-hydroxylation sites is 1. The Hall–Kier alpha value is -2.26. The first kappa shape index (κ1) is 11.8. The Balaban J connectivity index is 2.15. The summed E-state index contributed by atoms with van der Waals surface area (Å²) in [5.74, 6) is -0.143. The first-order chi connectivity index (χ1) is 9.16. The number of nitrogens with two attached hydrogens (primary N) is 1. The average Bonchev–Trinajstić information content (AvgIpc) is 2.81. The summed E-state index contributed by atoms with van der Waals surface area (Å²) in [6, 6.07) is 14.3. The molecule has 0 fully saturated rings. The number of benzene rings is 2. The van der Waals surface area contributed by atoms with Crippen molar-refractivity contribution in [2.75, 3.05) is 5.73 Å². The molecular formula is C15H11ClN2O. The van der Waals surface area contributed by atoms with Gasteiger partial charge < -0.3 is 5.73 Å². The van der Waals surface area contributed by atoms with E-state index in [1.807, 2.05) is 18.2 Å². The van der Waals surface area contributed by atoms with E-state index in [1.54, 1.807) is 41.1 Å². The van der Waals surface area contributed by atoms with Crippen molar-refractivity contribution in [3.63, 3.8) is 0 Å². The van der Waals surface area contributed by atoms with E-state index in [1.165, 1.54) is 0 Å². The van der Waals surface area contributed by atoms with Crippen molar-refractivity contribution in [3.05, 3.63) is 65.3 Å². The van der Waals surface area contributed by atoms with Gasteiger partial charge in [0.15, 0.2) is 0 Å². The van der Waals surface area contributed by atoms with E-state index in [4.69, 9.17) is 17.3 Å². The molecule has 2 aromatic carbocycles. The van der Waals surface area contributed by atoms with Crippen LogP contribution in [-0.4, -0.2) is 10.5 Å². The highest BCUT2D eigenvalue weighted by molar-refractivity contribution is 6.31. The molecule has 0 aliphatic rings. The Bertz CT molecular complexity index is 777. The highest BCUT2D eigenvalue weighted by Gasteiger charge is 2.13. The molecule has 0 saturated heterocycles. The first-order valence-corrected chi connectivity index (χ1v) is 6.20. The van der Waals surface area contributed by atoms with Crippen molar-refractivity contribution < 1.29 is 4.79 Å². The molecule has 0 spiro atoms. The van der Waals surface area contributed by atoms with E-state index >= 15 is 0 Å². The van der Waals surface area contributed by atoms with Gasteiger partial charge in [0.2, 0.25) is 0 Å². The smallest absolute Gasteiger partial charge is 0.264 e. The summed E-state index contributed by atoms with van der Waals surface area (Å²) < 4.78 is 1.58. The quantitative estimate of drug-likeness (QED) is 0.687. The highest BCUT2D eigenvalue weighted by atomic mass is 35.5. The molecule has 3 rings (SSSR count). The lowest BCUT2D eigenvalue weighted by Crippen LogP contribution is -2.12. The topological polar surface area (TPSA) is 48.0 Å². The van der Waals surface area contributed by atoms with E-state index in [2.05, 4.69) is 0 Å². The molecule has 0 amide bonds. The largest absolute Gasteiger partial charge is 0.398 e. The lowest BCUT2D eigenvalue weighted by Gasteiger charge is -2.06. The number of hydrogen-bond acceptors (Lipinski definition) is 2. The van der Waals surface area contributed by atoms with Crippen molar-refractivity contribution in [3.8, 4) is 0 Å². The van der Waals surface area contributed by atoms with Gasteiger partial charge in [0, 0.05) is 22.3 Å². The molecule has 19 heavy (non-hydrogen) atoms. The van der Waals surface area contributed by atoms with Crippen LogP contribution in [-0.2, 0) is 0 Å². The van der Waals surface area contributed by atoms with Gasteiger partial charge >= 0.3 is 0 Å². The molecule has 94 valence electrons. The number of fused-ring (bicyclic) bond motifs is 1. The summed E-state index contributed by atoms with van der Waals surface area (Å²) in [7, 11) is 0. The summed E-state index contributed by atoms with van der Waals surface area (Å²) in [6.07, 6.45) is 1.73. The molecule has 1 aromatic heterocycles. The third-order valence-corrected chi connectivity index (χ3v) is 3.30. The van der Waals surface area contributed by atoms with Crippen LogP contribution in [0, 0.1) is 0 Å². The van der Waals surface area contributed by atoms with E-state index in [0.717, 1.165) is 10.9 Å². The maximum atomic E-state index is 12.5. The number of nitrogens with zero attached hydrogens (tertiary/aromatic N) is 1. The number of aromatic nitrogens is 1. The summed E-state index contributed by atoms with van der Waals surface area (Å²) in [6.45, 7) is 0. The molecule has 4 heteroatoms. The number of halogens is 1. The van der Waals surface area contributed by atoms with E-state index in [-0.39, 0.29) is 5.91 Å². The van der Waals surface area contributed by atoms with Crippen molar-refractivity contribution in [2.45, 2.75) is 0 Å². The Kier molecular flexibility index (Phi) is 2.76. The Morgan fingerprint density at radius 3 is 2.68 bits per heavy atom. The van der Waals surface area contributed by atoms with Crippen molar-refractivity contribution in [1.29, 1.82) is 0 Å². The van der Waals surface area contributed by atoms with Crippen LogP contribution in [0.2, 0.25) is 5.02 Å². The molecule has 0 aliphatic heterocycles. The number of rotatable bonds is 1. The molecule has 0 saturated carbocycles. The van der Waals surface area contributed by atoms with Crippen LogP contribution >= 0.6 is 11.6 Å². The predicted molar refractivity (Wildman–Crippen MR) is 77.5 cm³/mol. The SMILES string of the molecule is Nc1ccccc1C(=O)n1ccc2cc(Cl)ccc21. The summed E-state index contributed by atoms with van der Waals surface area (Å²) >= 11 is 5.94. The van der Waals surface area contributed by atoms with E-state index in [9.17, 15) is 4.79 Å². The maximum absolute atomic E-state index is 12.5. The summed E-state index contributed by atoms with van der Waals surface area (Å²) in [5.41, 5.74) is 7.63. The van der Waals surface area contributed by atoms with Crippen molar-refractivity contribution >= 4 is 34.1 Å². The molecule has 1 heterocycles. The lowest BCUT2D eigenvalue weighted by molar-refractivity contribution is 0.0966. The van der Waals surface area contributed by atoms with Gasteiger partial charge in [-0.15, -0.1) is 0 Å². The molecule has 0 aliphatic carbocycles. The molecule has 0 unspecified atom stereocenters. The van der Waals surface area contributed by atoms with Crippen LogP contribution in [0.1, 0.15) is 10.4 Å². The molecule has 3 aromatic rings. The standard InChI is InChI=1S/C15H11ClN2O/c16-11-5-6-14-10(9-11)7-8-18(14)15(19)12-3-1-2-4-13(12)17/h1-9H,17H2. The van der Waals surface area contributed by atoms with Gasteiger partial charge in [-0.3, -0.25) is 9.36 Å². The van der Waals surface area contributed by atoms with Crippen LogP contribution in [0.3, 0.4) is 0 Å². The van der Waals surface area contributed by atoms with Gasteiger partial charge in [-0.25, -0.2) is 0 Å². The first-order valence-electron chi connectivity index (χ1n) is 5.82. The molecule has 0 bridgehead atoms. The highest BCUT2D eigenvalue weighted by Crippen LogP contribution is 2.22. The Labute approximate surface area is 115 Å². The minimum Gasteiger partial charge on any atom is -0.398 e. The zero-order valence-corrected chi connectivity index (χ0v) is 10.8. The van der Waals surface area contributed by atoms with Gasteiger partial charge in [-0.2, -0.15) is 0 Å². The second kappa shape index (κ2) is 4.44. The van der Waals surface area contributed by atoms with E-state index < -0.39 is 0 Å². The number of nitrogen functional groups attached to an aromatic ring is 1. The third-order valence-electron chi connectivity index (χ3n) is 3.06. The minimum absolute atomic E-state index is 0.143. The molecule has 2 N–H and O–H groups in total. The van der Waals surface area contributed by atoms with Gasteiger partial charge in [-0.1, -0.05) is 23.7 Å². The van der Waals surface area contributed by atoms with Gasteiger partial charge in [-0.05, 0) is 36.4 Å². The fraction of sp³-hybridized carbons (Fsp3) is 0. The van der Waals surface area contributed by atoms with Gasteiger partial charge in [0.25, 0.3) is 5.91 Å². The van der Waals surface area contributed by atoms with Gasteiger partial charge in [0.05, 0.1) is 11.1 Å². The number of carbonyl (C=O) groups excluding carboxylic acids is 1. The lowest BCUT2D eigenvalue weighted by atomic mass is 10.1. The zero-order valence-electron chi connectivity index (χ0n) is 10.0. The van der Waals surface area contributed by atoms with Crippen LogP contribution < -0.4 is 5.73 Å². The van der Waals surface area contributed by atoms with Crippen LogP contribution in [0.5, 0.6) is 0 Å². The van der Waals surface area contributed by atoms with Crippen molar-refractivity contribution in [2.24, 2.45) is 0 Å². The van der Waals surface area contributed by atoms with Crippen molar-refractivity contribution in [1.82, 2.24) is 4.57 Å². The maximum Gasteiger partial charge on any atom is 0.264 e. The van der Waals surface area contributed by atoms with Crippen LogP contribution in [0.15, 0.2) is 54.7 Å². The van der Waals surface area contributed by atoms with E-state index in [0.29, 0.717) is 16.3 Å². The average molecular weight is 271 g/mol. The predicted octanol–water partition coefficient (Wildman–Crippen LogP) is 3.57. The second-order valence-corrected chi connectivity index (χ2v) is 4.72. The number of hydrogen-bond donors (Lipinski definition) is 1. The minimum atomic E-state index is -0.143. The molecular weight excluding hydrogens is 260 g/mol. The Morgan fingerprint density at radius 2 is 1.89 bits per heavy atom. The Morgan fingerprint density at radius 1 is 1.11 bits per heavy atom. The third kappa shape index (κ3) is 1.98. The molecule has 0 radical (unpaired) electrons. The number of anilines is 1. The normalized spacial score (nSPS) is 10.8. The second-order valence-electron chi connectivity index (χ2n) is 4.28. The van der Waals surface area contributed by atoms with Crippen LogP contribution in [0.4, 0.5) is 5.69 Å². The molecule has 3 nitrogen and oxygen atoms in total. The summed E-state index contributed by atoms with van der Waals surface area (Å²) in [5, 5.41) is 1.58. The fourth-order valence-electron chi connectivity index (χ4n) is 2.11. The monoisotopic (exact) mass is 270 g/mol. The fourth-order valence-corrected chi connectivity index (χ4v) is 2.29.